The van der Waals surface area contributed by atoms with Crippen LogP contribution in [-0.4, -0.2) is 64.1 Å². The van der Waals surface area contributed by atoms with Crippen LogP contribution in [0.5, 0.6) is 0 Å². The molecule has 1 aliphatic heterocycles. The molecule has 0 aliphatic carbocycles. The van der Waals surface area contributed by atoms with Crippen LogP contribution < -0.4 is 5.56 Å². The summed E-state index contributed by atoms with van der Waals surface area (Å²) < 4.78 is 6.45. The molecule has 0 unspecified atom stereocenters. The molecule has 0 N–H and O–H groups in total. The van der Waals surface area contributed by atoms with E-state index in [0.29, 0.717) is 49.5 Å². The number of aryl methyl sites for hydroxylation is 1. The molecule has 1 aliphatic rings. The molecule has 2 heterocycles. The second kappa shape index (κ2) is 7.55. The van der Waals surface area contributed by atoms with Gasteiger partial charge in [0.25, 0.3) is 5.56 Å². The monoisotopic (exact) mass is 358 g/mol. The average Bonchev–Trinajstić information content (AvgIpc) is 2.65. The van der Waals surface area contributed by atoms with Crippen molar-refractivity contribution in [2.45, 2.75) is 20.4 Å². The molecule has 26 heavy (non-hydrogen) atoms. The summed E-state index contributed by atoms with van der Waals surface area (Å²) in [6.07, 6.45) is -0.355. The van der Waals surface area contributed by atoms with Crippen molar-refractivity contribution >= 4 is 23.0 Å². The molecule has 2 aromatic rings. The molecule has 0 saturated carbocycles. The smallest absolute Gasteiger partial charge is 0.409 e. The number of carbonyl (C=O) groups is 2. The maximum absolute atomic E-state index is 12.7. The normalized spacial score (nSPS) is 14.5. The number of carbonyl (C=O) groups excluding carboxylic acids is 2. The molecule has 0 atom stereocenters. The fourth-order valence-corrected chi connectivity index (χ4v) is 3.07. The second-order valence-electron chi connectivity index (χ2n) is 6.14. The topological polar surface area (TPSA) is 84.7 Å². The van der Waals surface area contributed by atoms with Gasteiger partial charge in [0, 0.05) is 26.2 Å². The van der Waals surface area contributed by atoms with Crippen molar-refractivity contribution in [3.8, 4) is 0 Å². The van der Waals surface area contributed by atoms with Gasteiger partial charge in [0.15, 0.2) is 0 Å². The quantitative estimate of drug-likeness (QED) is 0.817. The third-order valence-electron chi connectivity index (χ3n) is 4.47. The minimum atomic E-state index is -0.355. The van der Waals surface area contributed by atoms with E-state index in [2.05, 4.69) is 4.98 Å². The summed E-state index contributed by atoms with van der Waals surface area (Å²) in [5, 5.41) is 0. The molecule has 138 valence electrons. The highest BCUT2D eigenvalue weighted by atomic mass is 16.6. The summed E-state index contributed by atoms with van der Waals surface area (Å²) in [5.74, 6) is -0.147. The molecular formula is C18H22N4O4. The number of piperazine rings is 1. The number of hydrogen-bond acceptors (Lipinski definition) is 5. The van der Waals surface area contributed by atoms with E-state index in [4.69, 9.17) is 4.74 Å². The van der Waals surface area contributed by atoms with Gasteiger partial charge in [0.05, 0.1) is 17.6 Å². The van der Waals surface area contributed by atoms with Gasteiger partial charge in [0.1, 0.15) is 12.2 Å². The van der Waals surface area contributed by atoms with Gasteiger partial charge >= 0.3 is 6.09 Å². The van der Waals surface area contributed by atoms with Gasteiger partial charge < -0.3 is 14.5 Å². The number of aromatic nitrogens is 2. The van der Waals surface area contributed by atoms with Crippen molar-refractivity contribution in [3.63, 3.8) is 0 Å². The second-order valence-corrected chi connectivity index (χ2v) is 6.14. The zero-order valence-electron chi connectivity index (χ0n) is 15.0. The lowest BCUT2D eigenvalue weighted by Gasteiger charge is -2.34. The fraction of sp³-hybridized carbons (Fsp3) is 0.444. The number of hydrogen-bond donors (Lipinski definition) is 0. The summed E-state index contributed by atoms with van der Waals surface area (Å²) in [7, 11) is 0. The van der Waals surface area contributed by atoms with Gasteiger partial charge in [0.2, 0.25) is 5.91 Å². The number of para-hydroxylation sites is 2. The van der Waals surface area contributed by atoms with Crippen molar-refractivity contribution in [2.24, 2.45) is 0 Å². The molecule has 8 nitrogen and oxygen atoms in total. The van der Waals surface area contributed by atoms with Crippen LogP contribution in [0.25, 0.3) is 11.0 Å². The molecule has 2 amide bonds. The Hall–Kier alpha value is -2.90. The minimum Gasteiger partial charge on any atom is -0.450 e. The van der Waals surface area contributed by atoms with Gasteiger partial charge in [-0.2, -0.15) is 0 Å². The molecular weight excluding hydrogens is 336 g/mol. The lowest BCUT2D eigenvalue weighted by atomic mass is 10.2. The number of rotatable bonds is 3. The maximum atomic E-state index is 12.7. The summed E-state index contributed by atoms with van der Waals surface area (Å²) in [6, 6.07) is 7.27. The van der Waals surface area contributed by atoms with Crippen molar-refractivity contribution in [1.82, 2.24) is 19.4 Å². The minimum absolute atomic E-state index is 0.0396. The van der Waals surface area contributed by atoms with E-state index in [1.165, 1.54) is 4.57 Å². The first-order chi connectivity index (χ1) is 12.5. The molecule has 8 heteroatoms. The molecule has 0 bridgehead atoms. The Labute approximate surface area is 151 Å². The summed E-state index contributed by atoms with van der Waals surface area (Å²) in [4.78, 5) is 44.5. The molecule has 1 saturated heterocycles. The van der Waals surface area contributed by atoms with Crippen molar-refractivity contribution < 1.29 is 14.3 Å². The molecule has 0 radical (unpaired) electrons. The van der Waals surface area contributed by atoms with Crippen LogP contribution in [0.1, 0.15) is 12.6 Å². The van der Waals surface area contributed by atoms with Crippen LogP contribution in [0, 0.1) is 6.92 Å². The Morgan fingerprint density at radius 2 is 1.77 bits per heavy atom. The Morgan fingerprint density at radius 1 is 1.12 bits per heavy atom. The van der Waals surface area contributed by atoms with E-state index in [9.17, 15) is 14.4 Å². The standard InChI is InChI=1S/C18H22N4O4/c1-3-26-18(25)21-10-8-20(9-11-21)16(23)12-22-15-7-5-4-6-14(15)19-13(2)17(22)24/h4-7H,3,8-12H2,1-2H3. The van der Waals surface area contributed by atoms with Gasteiger partial charge in [-0.05, 0) is 26.0 Å². The van der Waals surface area contributed by atoms with E-state index in [1.54, 1.807) is 29.7 Å². The summed E-state index contributed by atoms with van der Waals surface area (Å²) in [5.41, 5.74) is 1.43. The first kappa shape index (κ1) is 17.9. The number of benzene rings is 1. The number of nitrogens with zero attached hydrogens (tertiary/aromatic N) is 4. The SMILES string of the molecule is CCOC(=O)N1CCN(C(=O)Cn2c(=O)c(C)nc3ccccc32)CC1. The molecule has 1 aromatic carbocycles. The predicted molar refractivity (Wildman–Crippen MR) is 95.9 cm³/mol. The highest BCUT2D eigenvalue weighted by molar-refractivity contribution is 5.80. The van der Waals surface area contributed by atoms with E-state index >= 15 is 0 Å². The zero-order chi connectivity index (χ0) is 18.7. The zero-order valence-corrected chi connectivity index (χ0v) is 15.0. The van der Waals surface area contributed by atoms with Crippen LogP contribution >= 0.6 is 0 Å². The highest BCUT2D eigenvalue weighted by Crippen LogP contribution is 2.11. The van der Waals surface area contributed by atoms with Crippen LogP contribution in [0.4, 0.5) is 4.79 Å². The Balaban J connectivity index is 1.74. The van der Waals surface area contributed by atoms with Crippen LogP contribution in [-0.2, 0) is 16.1 Å². The third kappa shape index (κ3) is 3.54. The number of fused-ring (bicyclic) bond motifs is 1. The van der Waals surface area contributed by atoms with Crippen LogP contribution in [0.3, 0.4) is 0 Å². The average molecular weight is 358 g/mol. The fourth-order valence-electron chi connectivity index (χ4n) is 3.07. The largest absolute Gasteiger partial charge is 0.450 e. The lowest BCUT2D eigenvalue weighted by Crippen LogP contribution is -2.51. The van der Waals surface area contributed by atoms with Crippen molar-refractivity contribution in [1.29, 1.82) is 0 Å². The number of ether oxygens (including phenoxy) is 1. The Kier molecular flexibility index (Phi) is 5.20. The van der Waals surface area contributed by atoms with Crippen LogP contribution in [0.2, 0.25) is 0 Å². The number of amides is 2. The predicted octanol–water partition coefficient (Wildman–Crippen LogP) is 1.01. The third-order valence-corrected chi connectivity index (χ3v) is 4.47. The van der Waals surface area contributed by atoms with Crippen molar-refractivity contribution in [2.75, 3.05) is 32.8 Å². The Bertz CT molecular complexity index is 884. The van der Waals surface area contributed by atoms with E-state index in [0.717, 1.165) is 0 Å². The summed E-state index contributed by atoms with van der Waals surface area (Å²) in [6.45, 7) is 5.40. The summed E-state index contributed by atoms with van der Waals surface area (Å²) >= 11 is 0. The van der Waals surface area contributed by atoms with Crippen LogP contribution in [0.15, 0.2) is 29.1 Å². The highest BCUT2D eigenvalue weighted by Gasteiger charge is 2.25. The molecule has 0 spiro atoms. The molecule has 1 fully saturated rings. The van der Waals surface area contributed by atoms with E-state index in [-0.39, 0.29) is 24.1 Å². The first-order valence-corrected chi connectivity index (χ1v) is 8.67. The van der Waals surface area contributed by atoms with Gasteiger partial charge in [-0.25, -0.2) is 9.78 Å². The van der Waals surface area contributed by atoms with Gasteiger partial charge in [-0.15, -0.1) is 0 Å². The molecule has 1 aromatic heterocycles. The van der Waals surface area contributed by atoms with E-state index in [1.807, 2.05) is 18.2 Å². The van der Waals surface area contributed by atoms with Crippen molar-refractivity contribution in [3.05, 3.63) is 40.3 Å². The first-order valence-electron chi connectivity index (χ1n) is 8.67. The lowest BCUT2D eigenvalue weighted by molar-refractivity contribution is -0.133. The molecule has 3 rings (SSSR count). The van der Waals surface area contributed by atoms with Gasteiger partial charge in [-0.3, -0.25) is 14.2 Å². The maximum Gasteiger partial charge on any atom is 0.409 e. The Morgan fingerprint density at radius 3 is 2.46 bits per heavy atom. The van der Waals surface area contributed by atoms with Gasteiger partial charge in [-0.1, -0.05) is 12.1 Å². The van der Waals surface area contributed by atoms with E-state index < -0.39 is 0 Å².